The van der Waals surface area contributed by atoms with E-state index in [1.165, 1.54) is 18.9 Å². The number of hydrogen-bond acceptors (Lipinski definition) is 5. The number of rotatable bonds is 4. The Labute approximate surface area is 233 Å². The molecule has 0 bridgehead atoms. The minimum atomic E-state index is -0.675. The smallest absolute Gasteiger partial charge is 0.335 e. The molecule has 1 aliphatic heterocycles. The molecule has 216 valence electrons. The first-order chi connectivity index (χ1) is 18.7. The van der Waals surface area contributed by atoms with Crippen molar-refractivity contribution in [2.75, 3.05) is 20.1 Å². The van der Waals surface area contributed by atoms with Crippen molar-refractivity contribution in [2.24, 2.45) is 28.6 Å². The number of aliphatic hydroxyl groups is 1. The van der Waals surface area contributed by atoms with Crippen molar-refractivity contribution in [3.63, 3.8) is 0 Å². The average Bonchev–Trinajstić information content (AvgIpc) is 3.23. The van der Waals surface area contributed by atoms with Crippen LogP contribution in [0.4, 0.5) is 4.79 Å². The molecule has 7 heteroatoms. The van der Waals surface area contributed by atoms with Gasteiger partial charge in [0.25, 0.3) is 0 Å². The predicted octanol–water partition coefficient (Wildman–Crippen LogP) is 5.03. The molecular weight excluding hydrogens is 490 g/mol. The van der Waals surface area contributed by atoms with Gasteiger partial charge in [0.2, 0.25) is 0 Å². The highest BCUT2D eigenvalue weighted by atomic mass is 16.4. The zero-order chi connectivity index (χ0) is 27.4. The lowest BCUT2D eigenvalue weighted by Crippen LogP contribution is -2.62. The number of piperidine rings is 1. The summed E-state index contributed by atoms with van der Waals surface area (Å²) in [5, 5.41) is 19.2. The van der Waals surface area contributed by atoms with Gasteiger partial charge in [0, 0.05) is 37.2 Å². The van der Waals surface area contributed by atoms with Crippen LogP contribution in [-0.2, 0) is 0 Å². The maximum Gasteiger partial charge on any atom is 0.335 e. The molecule has 9 atom stereocenters. The van der Waals surface area contributed by atoms with Crippen molar-refractivity contribution < 1.29 is 14.3 Å². The molecule has 2 heterocycles. The first-order valence-corrected chi connectivity index (χ1v) is 15.7. The van der Waals surface area contributed by atoms with E-state index in [2.05, 4.69) is 24.5 Å². The van der Waals surface area contributed by atoms with Crippen LogP contribution in [0.2, 0.25) is 0 Å². The van der Waals surface area contributed by atoms with Crippen LogP contribution in [0, 0.1) is 28.6 Å². The number of carbonyl (C=O) groups is 1. The summed E-state index contributed by atoms with van der Waals surface area (Å²) in [4.78, 5) is 26.6. The Morgan fingerprint density at radius 2 is 1.92 bits per heavy atom. The zero-order valence-corrected chi connectivity index (χ0v) is 24.2. The molecule has 0 spiro atoms. The molecule has 4 aliphatic carbocycles. The van der Waals surface area contributed by atoms with Crippen LogP contribution in [0.25, 0.3) is 0 Å². The highest BCUT2D eigenvalue weighted by Crippen LogP contribution is 2.70. The molecule has 2 amide bonds. The predicted molar refractivity (Wildman–Crippen MR) is 151 cm³/mol. The van der Waals surface area contributed by atoms with Gasteiger partial charge in [0.05, 0.1) is 11.9 Å². The fourth-order valence-corrected chi connectivity index (χ4v) is 10.3. The second kappa shape index (κ2) is 10.2. The summed E-state index contributed by atoms with van der Waals surface area (Å²) in [5.41, 5.74) is 0.0996. The normalized spacial score (nSPS) is 43.6. The average molecular weight is 540 g/mol. The molecule has 1 aromatic heterocycles. The summed E-state index contributed by atoms with van der Waals surface area (Å²) < 4.78 is 5.24. The van der Waals surface area contributed by atoms with Gasteiger partial charge in [-0.1, -0.05) is 20.3 Å². The van der Waals surface area contributed by atoms with E-state index in [-0.39, 0.29) is 28.4 Å². The molecule has 0 aromatic carbocycles. The van der Waals surface area contributed by atoms with Gasteiger partial charge in [-0.15, -0.1) is 0 Å². The van der Waals surface area contributed by atoms with Crippen molar-refractivity contribution >= 4 is 6.03 Å². The Balaban J connectivity index is 1.12. The van der Waals surface area contributed by atoms with E-state index in [0.717, 1.165) is 76.3 Å². The summed E-state index contributed by atoms with van der Waals surface area (Å²) in [6, 6.07) is 4.20. The van der Waals surface area contributed by atoms with Gasteiger partial charge in [0.15, 0.2) is 0 Å². The zero-order valence-electron chi connectivity index (χ0n) is 24.2. The van der Waals surface area contributed by atoms with Crippen molar-refractivity contribution in [2.45, 2.75) is 114 Å². The SMILES string of the molecule is CN(C(=O)NCC1CCCCN1)[C@H]1CC[C@@]2(C)[C@H](CC[C@@H]3[C@@H]2CC[C@]2(C)[C@@H](c4ccc(=O)oc4)CC[C@]32O)C1. The van der Waals surface area contributed by atoms with Gasteiger partial charge in [0.1, 0.15) is 0 Å². The first-order valence-electron chi connectivity index (χ1n) is 15.7. The van der Waals surface area contributed by atoms with Gasteiger partial charge < -0.3 is 25.1 Å². The molecule has 1 saturated heterocycles. The topological polar surface area (TPSA) is 94.8 Å². The minimum Gasteiger partial charge on any atom is -0.431 e. The number of hydrogen-bond donors (Lipinski definition) is 3. The Hall–Kier alpha value is -1.86. The summed E-state index contributed by atoms with van der Waals surface area (Å²) in [7, 11) is 1.99. The van der Waals surface area contributed by atoms with Gasteiger partial charge in [-0.25, -0.2) is 9.59 Å². The molecule has 1 unspecified atom stereocenters. The monoisotopic (exact) mass is 539 g/mol. The maximum atomic E-state index is 13.1. The molecule has 6 rings (SSSR count). The fraction of sp³-hybridized carbons (Fsp3) is 0.812. The van der Waals surface area contributed by atoms with E-state index in [0.29, 0.717) is 36.4 Å². The van der Waals surface area contributed by atoms with Gasteiger partial charge in [-0.3, -0.25) is 0 Å². The summed E-state index contributed by atoms with van der Waals surface area (Å²) in [6.45, 7) is 6.58. The number of carbonyl (C=O) groups excluding carboxylic acids is 1. The second-order valence-corrected chi connectivity index (χ2v) is 14.2. The third kappa shape index (κ3) is 4.46. The Morgan fingerprint density at radius 3 is 2.67 bits per heavy atom. The number of urea groups is 1. The van der Waals surface area contributed by atoms with Crippen molar-refractivity contribution in [1.82, 2.24) is 15.5 Å². The molecule has 5 fully saturated rings. The Kier molecular flexibility index (Phi) is 7.15. The Bertz CT molecular complexity index is 1100. The van der Waals surface area contributed by atoms with Gasteiger partial charge in [-0.2, -0.15) is 0 Å². The lowest BCUT2D eigenvalue weighted by molar-refractivity contribution is -0.203. The van der Waals surface area contributed by atoms with Gasteiger partial charge >= 0.3 is 11.7 Å². The fourth-order valence-electron chi connectivity index (χ4n) is 10.3. The standard InChI is InChI=1S/C32H49N3O4/c1-30-14-11-24(35(3)29(37)34-19-23-6-4-5-17-33-23)18-22(30)8-9-27-26(30)12-15-31(2)25(13-16-32(27,31)38)21-7-10-28(36)39-20-21/h7,10,20,22-27,33,38H,4-6,8-9,11-19H2,1-3H3,(H,34,37)/t22-,23?,24+,25-,26+,27-,30+,31-,32+/m1/s1. The molecule has 39 heavy (non-hydrogen) atoms. The number of nitrogens with one attached hydrogen (secondary N) is 2. The number of fused-ring (bicyclic) bond motifs is 5. The molecule has 1 aromatic rings. The van der Waals surface area contributed by atoms with E-state index < -0.39 is 5.60 Å². The third-order valence-electron chi connectivity index (χ3n) is 12.7. The summed E-state index contributed by atoms with van der Waals surface area (Å²) in [6.07, 6.45) is 14.7. The van der Waals surface area contributed by atoms with Crippen LogP contribution in [0.15, 0.2) is 27.6 Å². The molecular formula is C32H49N3O4. The van der Waals surface area contributed by atoms with Crippen molar-refractivity contribution in [3.05, 3.63) is 34.4 Å². The largest absolute Gasteiger partial charge is 0.431 e. The quantitative estimate of drug-likeness (QED) is 0.499. The van der Waals surface area contributed by atoms with E-state index >= 15 is 0 Å². The lowest BCUT2D eigenvalue weighted by atomic mass is 9.43. The molecule has 0 radical (unpaired) electrons. The minimum absolute atomic E-state index is 0.0705. The second-order valence-electron chi connectivity index (χ2n) is 14.2. The Morgan fingerprint density at radius 1 is 1.08 bits per heavy atom. The maximum absolute atomic E-state index is 13.1. The number of amides is 2. The number of nitrogens with zero attached hydrogens (tertiary/aromatic N) is 1. The molecule has 5 aliphatic rings. The summed E-state index contributed by atoms with van der Waals surface area (Å²) >= 11 is 0. The molecule has 7 nitrogen and oxygen atoms in total. The lowest BCUT2D eigenvalue weighted by Gasteiger charge is -2.64. The molecule has 3 N–H and O–H groups in total. The van der Waals surface area contributed by atoms with Crippen LogP contribution >= 0.6 is 0 Å². The van der Waals surface area contributed by atoms with E-state index in [1.54, 1.807) is 6.26 Å². The van der Waals surface area contributed by atoms with E-state index in [4.69, 9.17) is 4.42 Å². The van der Waals surface area contributed by atoms with Crippen molar-refractivity contribution in [1.29, 1.82) is 0 Å². The van der Waals surface area contributed by atoms with Crippen LogP contribution in [0.1, 0.15) is 102 Å². The van der Waals surface area contributed by atoms with E-state index in [1.807, 2.05) is 18.0 Å². The third-order valence-corrected chi connectivity index (χ3v) is 12.7. The molecule has 4 saturated carbocycles. The van der Waals surface area contributed by atoms with Crippen LogP contribution in [-0.4, -0.2) is 53.9 Å². The van der Waals surface area contributed by atoms with Crippen molar-refractivity contribution in [3.8, 4) is 0 Å². The van der Waals surface area contributed by atoms with Crippen LogP contribution in [0.3, 0.4) is 0 Å². The highest BCUT2D eigenvalue weighted by Gasteiger charge is 2.67. The van der Waals surface area contributed by atoms with E-state index in [9.17, 15) is 14.7 Å². The first kappa shape index (κ1) is 27.3. The van der Waals surface area contributed by atoms with Gasteiger partial charge in [-0.05, 0) is 118 Å². The highest BCUT2D eigenvalue weighted by molar-refractivity contribution is 5.74. The van der Waals surface area contributed by atoms with Crippen LogP contribution < -0.4 is 16.3 Å². The summed E-state index contributed by atoms with van der Waals surface area (Å²) in [5.74, 6) is 1.67. The van der Waals surface area contributed by atoms with Crippen LogP contribution in [0.5, 0.6) is 0 Å².